The van der Waals surface area contributed by atoms with Crippen LogP contribution in [-0.2, 0) is 14.8 Å². The van der Waals surface area contributed by atoms with Crippen molar-refractivity contribution in [1.82, 2.24) is 14.7 Å². The Kier molecular flexibility index (Phi) is 4.16. The lowest BCUT2D eigenvalue weighted by Crippen LogP contribution is -2.47. The second-order valence-corrected chi connectivity index (χ2v) is 6.11. The first kappa shape index (κ1) is 13.7. The number of aromatic nitrogens is 2. The molecule has 1 aromatic heterocycles. The minimum atomic E-state index is -3.56. The van der Waals surface area contributed by atoms with Crippen LogP contribution in [0.4, 0.5) is 0 Å². The Hall–Kier alpha value is -0.760. The molecule has 0 unspecified atom stereocenters. The molecule has 0 amide bonds. The Balaban J connectivity index is 1.95. The maximum Gasteiger partial charge on any atom is 0.243 e. The SMILES string of the molecule is CCOC1CC(NS(=O)(=O)c2cnc(Cl)nc2)C1. The summed E-state index contributed by atoms with van der Waals surface area (Å²) in [7, 11) is -3.56. The molecule has 18 heavy (non-hydrogen) atoms. The fraction of sp³-hybridized carbons (Fsp3) is 0.600. The lowest BCUT2D eigenvalue weighted by atomic mass is 9.90. The lowest BCUT2D eigenvalue weighted by molar-refractivity contribution is -0.00475. The normalized spacial score (nSPS) is 23.7. The maximum absolute atomic E-state index is 11.9. The van der Waals surface area contributed by atoms with Crippen LogP contribution in [-0.4, -0.2) is 37.1 Å². The van der Waals surface area contributed by atoms with Crippen molar-refractivity contribution in [3.05, 3.63) is 17.7 Å². The molecule has 0 aromatic carbocycles. The molecule has 1 N–H and O–H groups in total. The van der Waals surface area contributed by atoms with Crippen LogP contribution in [0.2, 0.25) is 5.28 Å². The van der Waals surface area contributed by atoms with Crippen LogP contribution in [0.25, 0.3) is 0 Å². The second kappa shape index (κ2) is 5.48. The van der Waals surface area contributed by atoms with E-state index in [4.69, 9.17) is 16.3 Å². The van der Waals surface area contributed by atoms with E-state index in [0.717, 1.165) is 0 Å². The molecular weight excluding hydrogens is 278 g/mol. The Morgan fingerprint density at radius 3 is 2.61 bits per heavy atom. The first-order valence-electron chi connectivity index (χ1n) is 5.62. The summed E-state index contributed by atoms with van der Waals surface area (Å²) in [6.07, 6.45) is 3.93. The van der Waals surface area contributed by atoms with Crippen molar-refractivity contribution < 1.29 is 13.2 Å². The highest BCUT2D eigenvalue weighted by molar-refractivity contribution is 7.89. The van der Waals surface area contributed by atoms with E-state index in [1.807, 2.05) is 6.92 Å². The molecule has 1 aliphatic rings. The van der Waals surface area contributed by atoms with Crippen molar-refractivity contribution >= 4 is 21.6 Å². The third-order valence-electron chi connectivity index (χ3n) is 2.73. The summed E-state index contributed by atoms with van der Waals surface area (Å²) in [5.74, 6) is 0. The molecule has 1 aromatic rings. The van der Waals surface area contributed by atoms with Crippen LogP contribution in [0, 0.1) is 0 Å². The molecule has 6 nitrogen and oxygen atoms in total. The van der Waals surface area contributed by atoms with E-state index < -0.39 is 10.0 Å². The Morgan fingerprint density at radius 2 is 2.06 bits per heavy atom. The first-order valence-corrected chi connectivity index (χ1v) is 7.49. The fourth-order valence-electron chi connectivity index (χ4n) is 1.76. The van der Waals surface area contributed by atoms with E-state index >= 15 is 0 Å². The molecule has 1 heterocycles. The van der Waals surface area contributed by atoms with E-state index in [1.54, 1.807) is 0 Å². The molecule has 1 saturated carbocycles. The van der Waals surface area contributed by atoms with Gasteiger partial charge in [0.05, 0.1) is 18.5 Å². The maximum atomic E-state index is 11.9. The standard InChI is InChI=1S/C10H14ClN3O3S/c1-2-17-8-3-7(4-8)14-18(15,16)9-5-12-10(11)13-6-9/h5-8,14H,2-4H2,1H3. The number of nitrogens with zero attached hydrogens (tertiary/aromatic N) is 2. The molecule has 1 aliphatic carbocycles. The zero-order valence-corrected chi connectivity index (χ0v) is 11.4. The van der Waals surface area contributed by atoms with E-state index in [1.165, 1.54) is 12.4 Å². The third kappa shape index (κ3) is 3.17. The van der Waals surface area contributed by atoms with Crippen LogP contribution in [0.15, 0.2) is 17.3 Å². The van der Waals surface area contributed by atoms with E-state index in [0.29, 0.717) is 19.4 Å². The minimum Gasteiger partial charge on any atom is -0.378 e. The molecule has 2 rings (SSSR count). The minimum absolute atomic E-state index is 0.0201. The monoisotopic (exact) mass is 291 g/mol. The topological polar surface area (TPSA) is 81.2 Å². The van der Waals surface area contributed by atoms with Crippen molar-refractivity contribution in [3.63, 3.8) is 0 Å². The van der Waals surface area contributed by atoms with E-state index in [2.05, 4.69) is 14.7 Å². The highest BCUT2D eigenvalue weighted by Crippen LogP contribution is 2.24. The molecule has 0 atom stereocenters. The van der Waals surface area contributed by atoms with Gasteiger partial charge in [0.25, 0.3) is 0 Å². The molecular formula is C10H14ClN3O3S. The van der Waals surface area contributed by atoms with Gasteiger partial charge in [0.2, 0.25) is 15.3 Å². The van der Waals surface area contributed by atoms with Gasteiger partial charge in [0, 0.05) is 12.6 Å². The summed E-state index contributed by atoms with van der Waals surface area (Å²) in [4.78, 5) is 7.32. The molecule has 1 fully saturated rings. The van der Waals surface area contributed by atoms with Gasteiger partial charge >= 0.3 is 0 Å². The number of hydrogen-bond acceptors (Lipinski definition) is 5. The molecule has 0 spiro atoms. The van der Waals surface area contributed by atoms with Gasteiger partial charge in [-0.15, -0.1) is 0 Å². The highest BCUT2D eigenvalue weighted by Gasteiger charge is 2.33. The average Bonchev–Trinajstić information content (AvgIpc) is 2.27. The first-order chi connectivity index (χ1) is 8.51. The average molecular weight is 292 g/mol. The third-order valence-corrected chi connectivity index (χ3v) is 4.40. The smallest absolute Gasteiger partial charge is 0.243 e. The van der Waals surface area contributed by atoms with Crippen LogP contribution < -0.4 is 4.72 Å². The zero-order valence-electron chi connectivity index (χ0n) is 9.84. The number of ether oxygens (including phenoxy) is 1. The van der Waals surface area contributed by atoms with Crippen LogP contribution in [0.5, 0.6) is 0 Å². The molecule has 0 saturated heterocycles. The van der Waals surface area contributed by atoms with Gasteiger partial charge in [-0.05, 0) is 31.4 Å². The van der Waals surface area contributed by atoms with Crippen molar-refractivity contribution in [2.45, 2.75) is 36.8 Å². The van der Waals surface area contributed by atoms with Gasteiger partial charge in [-0.1, -0.05) is 0 Å². The number of halogens is 1. The van der Waals surface area contributed by atoms with Crippen LogP contribution in [0.1, 0.15) is 19.8 Å². The highest BCUT2D eigenvalue weighted by atomic mass is 35.5. The number of nitrogens with one attached hydrogen (secondary N) is 1. The molecule has 0 radical (unpaired) electrons. The van der Waals surface area contributed by atoms with Crippen molar-refractivity contribution in [1.29, 1.82) is 0 Å². The van der Waals surface area contributed by atoms with Gasteiger partial charge in [-0.3, -0.25) is 0 Å². The van der Waals surface area contributed by atoms with Crippen LogP contribution in [0.3, 0.4) is 0 Å². The van der Waals surface area contributed by atoms with E-state index in [-0.39, 0.29) is 22.3 Å². The molecule has 8 heteroatoms. The summed E-state index contributed by atoms with van der Waals surface area (Å²) in [5.41, 5.74) is 0. The van der Waals surface area contributed by atoms with Gasteiger partial charge in [0.1, 0.15) is 4.90 Å². The van der Waals surface area contributed by atoms with Gasteiger partial charge in [0.15, 0.2) is 0 Å². The summed E-state index contributed by atoms with van der Waals surface area (Å²) in [6.45, 7) is 2.57. The largest absolute Gasteiger partial charge is 0.378 e. The van der Waals surface area contributed by atoms with Crippen LogP contribution >= 0.6 is 11.6 Å². The summed E-state index contributed by atoms with van der Waals surface area (Å²) < 4.78 is 31.8. The predicted molar refractivity (Wildman–Crippen MR) is 65.8 cm³/mol. The van der Waals surface area contributed by atoms with Gasteiger partial charge in [-0.2, -0.15) is 0 Å². The number of sulfonamides is 1. The quantitative estimate of drug-likeness (QED) is 0.818. The van der Waals surface area contributed by atoms with Crippen molar-refractivity contribution in [2.75, 3.05) is 6.61 Å². The van der Waals surface area contributed by atoms with E-state index in [9.17, 15) is 8.42 Å². The number of rotatable bonds is 5. The lowest BCUT2D eigenvalue weighted by Gasteiger charge is -2.34. The number of hydrogen-bond donors (Lipinski definition) is 1. The fourth-order valence-corrected chi connectivity index (χ4v) is 3.01. The summed E-state index contributed by atoms with van der Waals surface area (Å²) in [5, 5.41) is 0.0222. The Bertz CT molecular complexity index is 500. The second-order valence-electron chi connectivity index (χ2n) is 4.05. The predicted octanol–water partition coefficient (Wildman–Crippen LogP) is 0.976. The van der Waals surface area contributed by atoms with Crippen molar-refractivity contribution in [3.8, 4) is 0 Å². The summed E-state index contributed by atoms with van der Waals surface area (Å²) >= 11 is 5.51. The molecule has 0 bridgehead atoms. The summed E-state index contributed by atoms with van der Waals surface area (Å²) in [6, 6.07) is -0.0813. The van der Waals surface area contributed by atoms with Crippen molar-refractivity contribution in [2.24, 2.45) is 0 Å². The zero-order chi connectivity index (χ0) is 13.2. The van der Waals surface area contributed by atoms with Gasteiger partial charge < -0.3 is 4.74 Å². The molecule has 0 aliphatic heterocycles. The molecule has 100 valence electrons. The Labute approximate surface area is 111 Å². The van der Waals surface area contributed by atoms with Gasteiger partial charge in [-0.25, -0.2) is 23.1 Å². The Morgan fingerprint density at radius 1 is 1.44 bits per heavy atom.